The van der Waals surface area contributed by atoms with E-state index in [2.05, 4.69) is 10.2 Å². The highest BCUT2D eigenvalue weighted by Gasteiger charge is 2.24. The second-order valence-corrected chi connectivity index (χ2v) is 11.8. The molecule has 5 aromatic rings. The van der Waals surface area contributed by atoms with Crippen molar-refractivity contribution >= 4 is 32.5 Å². The van der Waals surface area contributed by atoms with E-state index in [1.807, 2.05) is 48.5 Å². The zero-order valence-electron chi connectivity index (χ0n) is 21.7. The van der Waals surface area contributed by atoms with Gasteiger partial charge < -0.3 is 10.2 Å². The Hall–Kier alpha value is -4.43. The van der Waals surface area contributed by atoms with Crippen LogP contribution in [0.5, 0.6) is 0 Å². The molecule has 202 valence electrons. The first-order chi connectivity index (χ1) is 19.4. The van der Waals surface area contributed by atoms with Crippen LogP contribution < -0.4 is 10.2 Å². The highest BCUT2D eigenvalue weighted by Crippen LogP contribution is 2.33. The highest BCUT2D eigenvalue weighted by atomic mass is 32.2. The monoisotopic (exact) mass is 553 g/mol. The van der Waals surface area contributed by atoms with Crippen LogP contribution in [0.3, 0.4) is 0 Å². The Morgan fingerprint density at radius 3 is 2.15 bits per heavy atom. The van der Waals surface area contributed by atoms with Gasteiger partial charge in [0.1, 0.15) is 5.82 Å². The average Bonchev–Trinajstić information content (AvgIpc) is 3.39. The van der Waals surface area contributed by atoms with Crippen molar-refractivity contribution in [1.82, 2.24) is 9.29 Å². The lowest BCUT2D eigenvalue weighted by molar-refractivity contribution is 0.0931. The van der Waals surface area contributed by atoms with Gasteiger partial charge in [0.25, 0.3) is 15.9 Å². The van der Waals surface area contributed by atoms with Crippen LogP contribution in [0.25, 0.3) is 22.0 Å². The fourth-order valence-electron chi connectivity index (χ4n) is 5.29. The van der Waals surface area contributed by atoms with Crippen molar-refractivity contribution in [2.75, 3.05) is 18.0 Å². The summed E-state index contributed by atoms with van der Waals surface area (Å²) < 4.78 is 41.9. The third-order valence-corrected chi connectivity index (χ3v) is 9.15. The van der Waals surface area contributed by atoms with Gasteiger partial charge in [-0.3, -0.25) is 4.79 Å². The minimum atomic E-state index is -3.90. The zero-order valence-corrected chi connectivity index (χ0v) is 22.5. The molecule has 1 aliphatic rings. The highest BCUT2D eigenvalue weighted by molar-refractivity contribution is 7.90. The largest absolute Gasteiger partial charge is 0.371 e. The molecule has 0 bridgehead atoms. The van der Waals surface area contributed by atoms with Crippen LogP contribution in [0.1, 0.15) is 23.2 Å². The molecule has 1 aromatic heterocycles. The molecule has 2 heterocycles. The number of rotatable bonds is 6. The first-order valence-corrected chi connectivity index (χ1v) is 14.7. The molecule has 0 spiro atoms. The van der Waals surface area contributed by atoms with Crippen molar-refractivity contribution in [2.45, 2.75) is 23.8 Å². The van der Waals surface area contributed by atoms with Gasteiger partial charge in [0.05, 0.1) is 10.4 Å². The fourth-order valence-corrected chi connectivity index (χ4v) is 6.66. The van der Waals surface area contributed by atoms with Crippen LogP contribution in [0.4, 0.5) is 10.1 Å². The molecule has 0 aliphatic carbocycles. The van der Waals surface area contributed by atoms with E-state index in [1.54, 1.807) is 36.5 Å². The summed E-state index contributed by atoms with van der Waals surface area (Å²) in [5, 5.41) is 3.92. The normalized spacial score (nSPS) is 14.4. The molecule has 1 fully saturated rings. The third kappa shape index (κ3) is 4.98. The maximum Gasteiger partial charge on any atom is 0.268 e. The van der Waals surface area contributed by atoms with Crippen molar-refractivity contribution in [3.05, 3.63) is 121 Å². The van der Waals surface area contributed by atoms with Crippen LogP contribution in [0.15, 0.2) is 114 Å². The van der Waals surface area contributed by atoms with Crippen molar-refractivity contribution in [3.63, 3.8) is 0 Å². The lowest BCUT2D eigenvalue weighted by Crippen LogP contribution is -2.44. The Labute approximate surface area is 232 Å². The number of halogens is 1. The van der Waals surface area contributed by atoms with E-state index in [-0.39, 0.29) is 22.7 Å². The summed E-state index contributed by atoms with van der Waals surface area (Å²) in [5.74, 6) is -0.495. The molecule has 1 amide bonds. The molecular weight excluding hydrogens is 525 g/mol. The maximum absolute atomic E-state index is 13.7. The number of hydrogen-bond acceptors (Lipinski definition) is 4. The number of benzene rings is 4. The van der Waals surface area contributed by atoms with Crippen molar-refractivity contribution in [3.8, 4) is 11.1 Å². The number of piperidine rings is 1. The molecule has 6 nitrogen and oxygen atoms in total. The van der Waals surface area contributed by atoms with Crippen LogP contribution in [0, 0.1) is 5.82 Å². The van der Waals surface area contributed by atoms with E-state index in [0.717, 1.165) is 48.1 Å². The lowest BCUT2D eigenvalue weighted by Gasteiger charge is -2.34. The summed E-state index contributed by atoms with van der Waals surface area (Å²) in [6, 6.07) is 29.6. The number of nitrogens with one attached hydrogen (secondary N) is 1. The van der Waals surface area contributed by atoms with E-state index in [4.69, 9.17) is 0 Å². The van der Waals surface area contributed by atoms with Crippen LogP contribution >= 0.6 is 0 Å². The summed E-state index contributed by atoms with van der Waals surface area (Å²) in [5.41, 5.74) is 3.73. The molecule has 0 radical (unpaired) electrons. The molecule has 8 heteroatoms. The summed E-state index contributed by atoms with van der Waals surface area (Å²) in [4.78, 5) is 15.2. The van der Waals surface area contributed by atoms with Gasteiger partial charge in [-0.1, -0.05) is 48.5 Å². The van der Waals surface area contributed by atoms with Crippen molar-refractivity contribution in [2.24, 2.45) is 0 Å². The van der Waals surface area contributed by atoms with E-state index in [0.29, 0.717) is 11.1 Å². The van der Waals surface area contributed by atoms with E-state index in [1.165, 1.54) is 28.2 Å². The second kappa shape index (κ2) is 10.6. The second-order valence-electron chi connectivity index (χ2n) is 9.96. The van der Waals surface area contributed by atoms with E-state index >= 15 is 0 Å². The summed E-state index contributed by atoms with van der Waals surface area (Å²) in [7, 11) is -3.90. The predicted molar refractivity (Wildman–Crippen MR) is 156 cm³/mol. The smallest absolute Gasteiger partial charge is 0.268 e. The van der Waals surface area contributed by atoms with Crippen molar-refractivity contribution in [1.29, 1.82) is 0 Å². The number of fused-ring (bicyclic) bond motifs is 1. The Morgan fingerprint density at radius 1 is 0.800 bits per heavy atom. The summed E-state index contributed by atoms with van der Waals surface area (Å²) >= 11 is 0. The number of carbonyl (C=O) groups is 1. The standard InChI is InChI=1S/C32H28FN3O3S/c33-25-12-14-27(15-13-25)35-20-18-26(19-21-35)34-32(37)24-10-16-28(17-11-24)40(38,39)36-22-30(23-6-2-1-3-7-23)29-8-4-5-9-31(29)36/h1-17,22,26H,18-21H2,(H,34,37). The van der Waals surface area contributed by atoms with Crippen molar-refractivity contribution < 1.29 is 17.6 Å². The van der Waals surface area contributed by atoms with Crippen LogP contribution in [-0.4, -0.2) is 37.4 Å². The topological polar surface area (TPSA) is 71.4 Å². The van der Waals surface area contributed by atoms with Gasteiger partial charge in [-0.25, -0.2) is 16.8 Å². The average molecular weight is 554 g/mol. The maximum atomic E-state index is 13.7. The molecule has 6 rings (SSSR count). The molecule has 0 saturated carbocycles. The molecule has 0 unspecified atom stereocenters. The number of para-hydroxylation sites is 1. The first kappa shape index (κ1) is 25.8. The quantitative estimate of drug-likeness (QED) is 0.277. The Bertz CT molecular complexity index is 1760. The van der Waals surface area contributed by atoms with E-state index < -0.39 is 10.0 Å². The van der Waals surface area contributed by atoms with Gasteiger partial charge in [-0.2, -0.15) is 0 Å². The third-order valence-electron chi connectivity index (χ3n) is 7.46. The molecule has 0 atom stereocenters. The van der Waals surface area contributed by atoms with Gasteiger partial charge in [-0.05, 0) is 73.0 Å². The zero-order chi connectivity index (χ0) is 27.7. The fraction of sp³-hybridized carbons (Fsp3) is 0.156. The number of anilines is 1. The van der Waals surface area contributed by atoms with Crippen LogP contribution in [0.2, 0.25) is 0 Å². The van der Waals surface area contributed by atoms with Gasteiger partial charge in [-0.15, -0.1) is 0 Å². The molecule has 4 aromatic carbocycles. The minimum absolute atomic E-state index is 0.00949. The van der Waals surface area contributed by atoms with Gasteiger partial charge in [0.2, 0.25) is 0 Å². The Kier molecular flexibility index (Phi) is 6.86. The molecular formula is C32H28FN3O3S. The predicted octanol–water partition coefficient (Wildman–Crippen LogP) is 6.08. The Balaban J connectivity index is 1.17. The van der Waals surface area contributed by atoms with Gasteiger partial charge >= 0.3 is 0 Å². The van der Waals surface area contributed by atoms with Gasteiger partial charge in [0, 0.05) is 47.5 Å². The van der Waals surface area contributed by atoms with Crippen LogP contribution in [-0.2, 0) is 10.0 Å². The lowest BCUT2D eigenvalue weighted by atomic mass is 10.0. The minimum Gasteiger partial charge on any atom is -0.371 e. The van der Waals surface area contributed by atoms with E-state index in [9.17, 15) is 17.6 Å². The number of aromatic nitrogens is 1. The Morgan fingerprint density at radius 2 is 1.45 bits per heavy atom. The number of nitrogens with zero attached hydrogens (tertiary/aromatic N) is 2. The molecule has 1 aliphatic heterocycles. The molecule has 1 saturated heterocycles. The molecule has 1 N–H and O–H groups in total. The molecule has 40 heavy (non-hydrogen) atoms. The number of amides is 1. The summed E-state index contributed by atoms with van der Waals surface area (Å²) in [6.45, 7) is 1.51. The first-order valence-electron chi connectivity index (χ1n) is 13.2. The summed E-state index contributed by atoms with van der Waals surface area (Å²) in [6.07, 6.45) is 3.19. The number of hydrogen-bond donors (Lipinski definition) is 1. The number of carbonyl (C=O) groups excluding carboxylic acids is 1. The van der Waals surface area contributed by atoms with Gasteiger partial charge in [0.15, 0.2) is 0 Å². The SMILES string of the molecule is O=C(NC1CCN(c2ccc(F)cc2)CC1)c1ccc(S(=O)(=O)n2cc(-c3ccccc3)c3ccccc32)cc1.